The van der Waals surface area contributed by atoms with Crippen molar-refractivity contribution in [1.29, 1.82) is 0 Å². The summed E-state index contributed by atoms with van der Waals surface area (Å²) in [5.41, 5.74) is 5.96. The molecular formula is C13H28N2. The first-order chi connectivity index (χ1) is 7.06. The van der Waals surface area contributed by atoms with E-state index in [1.165, 1.54) is 32.4 Å². The summed E-state index contributed by atoms with van der Waals surface area (Å²) in [6, 6.07) is 1.12. The number of hydrogen-bond donors (Lipinski definition) is 1. The van der Waals surface area contributed by atoms with Gasteiger partial charge in [-0.05, 0) is 51.6 Å². The Morgan fingerprint density at radius 2 is 1.73 bits per heavy atom. The molecule has 3 atom stereocenters. The maximum atomic E-state index is 5.96. The third kappa shape index (κ3) is 3.46. The van der Waals surface area contributed by atoms with Gasteiger partial charge in [0.25, 0.3) is 0 Å². The van der Waals surface area contributed by atoms with Crippen LogP contribution in [0.1, 0.15) is 47.0 Å². The van der Waals surface area contributed by atoms with Crippen LogP contribution in [0.2, 0.25) is 0 Å². The van der Waals surface area contributed by atoms with Crippen LogP contribution in [0.5, 0.6) is 0 Å². The number of rotatable bonds is 4. The Hall–Kier alpha value is -0.0800. The highest BCUT2D eigenvalue weighted by molar-refractivity contribution is 4.81. The van der Waals surface area contributed by atoms with Gasteiger partial charge in [0.1, 0.15) is 0 Å². The zero-order chi connectivity index (χ0) is 11.4. The third-order valence-corrected chi connectivity index (χ3v) is 4.36. The van der Waals surface area contributed by atoms with Gasteiger partial charge < -0.3 is 10.6 Å². The van der Waals surface area contributed by atoms with E-state index in [0.29, 0.717) is 6.04 Å². The van der Waals surface area contributed by atoms with E-state index in [9.17, 15) is 0 Å². The molecule has 0 amide bonds. The molecule has 2 heteroatoms. The first-order valence-corrected chi connectivity index (χ1v) is 6.55. The van der Waals surface area contributed by atoms with Gasteiger partial charge in [-0.25, -0.2) is 0 Å². The SMILES string of the molecule is CCC(C)C(C)N1CCC(C(C)N)CC1. The van der Waals surface area contributed by atoms with Crippen molar-refractivity contribution in [2.45, 2.75) is 59.0 Å². The lowest BCUT2D eigenvalue weighted by Gasteiger charge is -2.39. The van der Waals surface area contributed by atoms with Crippen molar-refractivity contribution in [2.24, 2.45) is 17.6 Å². The molecule has 2 nitrogen and oxygen atoms in total. The molecule has 0 bridgehead atoms. The Bertz CT molecular complexity index is 171. The minimum absolute atomic E-state index is 0.381. The number of piperidine rings is 1. The van der Waals surface area contributed by atoms with E-state index in [2.05, 4.69) is 32.6 Å². The van der Waals surface area contributed by atoms with Gasteiger partial charge in [-0.3, -0.25) is 0 Å². The maximum Gasteiger partial charge on any atom is 0.00924 e. The molecule has 1 aliphatic heterocycles. The smallest absolute Gasteiger partial charge is 0.00924 e. The van der Waals surface area contributed by atoms with Crippen molar-refractivity contribution in [1.82, 2.24) is 4.90 Å². The minimum Gasteiger partial charge on any atom is -0.328 e. The average Bonchev–Trinajstić information content (AvgIpc) is 2.27. The van der Waals surface area contributed by atoms with Crippen molar-refractivity contribution in [3.8, 4) is 0 Å². The molecule has 0 aromatic carbocycles. The molecule has 15 heavy (non-hydrogen) atoms. The van der Waals surface area contributed by atoms with Gasteiger partial charge in [0.15, 0.2) is 0 Å². The standard InChI is InChI=1S/C13H28N2/c1-5-10(2)12(4)15-8-6-13(7-9-15)11(3)14/h10-13H,5-9,14H2,1-4H3. The van der Waals surface area contributed by atoms with Gasteiger partial charge in [0, 0.05) is 12.1 Å². The Balaban J connectivity index is 2.36. The summed E-state index contributed by atoms with van der Waals surface area (Å²) in [7, 11) is 0. The zero-order valence-electron chi connectivity index (χ0n) is 10.9. The Labute approximate surface area is 95.2 Å². The largest absolute Gasteiger partial charge is 0.328 e. The molecule has 0 radical (unpaired) electrons. The van der Waals surface area contributed by atoms with Crippen LogP contribution in [-0.4, -0.2) is 30.1 Å². The molecule has 0 aliphatic carbocycles. The topological polar surface area (TPSA) is 29.3 Å². The second-order valence-corrected chi connectivity index (χ2v) is 5.36. The van der Waals surface area contributed by atoms with Gasteiger partial charge in [-0.1, -0.05) is 20.3 Å². The molecule has 0 saturated carbocycles. The Morgan fingerprint density at radius 1 is 1.20 bits per heavy atom. The van der Waals surface area contributed by atoms with Crippen molar-refractivity contribution < 1.29 is 0 Å². The molecule has 0 aromatic rings. The molecule has 1 rings (SSSR count). The normalized spacial score (nSPS) is 26.2. The number of hydrogen-bond acceptors (Lipinski definition) is 2. The molecule has 1 saturated heterocycles. The van der Waals surface area contributed by atoms with Crippen LogP contribution < -0.4 is 5.73 Å². The van der Waals surface area contributed by atoms with Crippen molar-refractivity contribution in [2.75, 3.05) is 13.1 Å². The molecule has 2 N–H and O–H groups in total. The molecule has 1 fully saturated rings. The van der Waals surface area contributed by atoms with Crippen LogP contribution in [-0.2, 0) is 0 Å². The van der Waals surface area contributed by atoms with Crippen LogP contribution >= 0.6 is 0 Å². The number of nitrogens with two attached hydrogens (primary N) is 1. The first-order valence-electron chi connectivity index (χ1n) is 6.55. The second-order valence-electron chi connectivity index (χ2n) is 5.36. The average molecular weight is 212 g/mol. The summed E-state index contributed by atoms with van der Waals surface area (Å²) in [5.74, 6) is 1.57. The molecule has 1 aliphatic rings. The second kappa shape index (κ2) is 5.86. The van der Waals surface area contributed by atoms with Crippen molar-refractivity contribution >= 4 is 0 Å². The van der Waals surface area contributed by atoms with E-state index >= 15 is 0 Å². The lowest BCUT2D eigenvalue weighted by Crippen LogP contribution is -2.45. The lowest BCUT2D eigenvalue weighted by atomic mass is 9.88. The lowest BCUT2D eigenvalue weighted by molar-refractivity contribution is 0.102. The van der Waals surface area contributed by atoms with E-state index in [4.69, 9.17) is 5.73 Å². The van der Waals surface area contributed by atoms with Crippen LogP contribution in [0.3, 0.4) is 0 Å². The fourth-order valence-corrected chi connectivity index (χ4v) is 2.55. The Morgan fingerprint density at radius 3 is 2.13 bits per heavy atom. The predicted octanol–water partition coefficient (Wildman–Crippen LogP) is 2.48. The number of nitrogens with zero attached hydrogens (tertiary/aromatic N) is 1. The van der Waals surface area contributed by atoms with Gasteiger partial charge in [0.05, 0.1) is 0 Å². The summed E-state index contributed by atoms with van der Waals surface area (Å²) in [5, 5.41) is 0. The first kappa shape index (κ1) is 13.0. The highest BCUT2D eigenvalue weighted by Gasteiger charge is 2.26. The van der Waals surface area contributed by atoms with Gasteiger partial charge in [0.2, 0.25) is 0 Å². The van der Waals surface area contributed by atoms with E-state index in [1.807, 2.05) is 0 Å². The highest BCUT2D eigenvalue weighted by Crippen LogP contribution is 2.24. The fraction of sp³-hybridized carbons (Fsp3) is 1.00. The summed E-state index contributed by atoms with van der Waals surface area (Å²) in [6.07, 6.45) is 3.87. The summed E-state index contributed by atoms with van der Waals surface area (Å²) >= 11 is 0. The fourth-order valence-electron chi connectivity index (χ4n) is 2.55. The van der Waals surface area contributed by atoms with Crippen molar-refractivity contribution in [3.05, 3.63) is 0 Å². The number of likely N-dealkylation sites (tertiary alicyclic amines) is 1. The molecular weight excluding hydrogens is 184 g/mol. The highest BCUT2D eigenvalue weighted by atomic mass is 15.2. The van der Waals surface area contributed by atoms with Crippen LogP contribution in [0, 0.1) is 11.8 Å². The van der Waals surface area contributed by atoms with Gasteiger partial charge >= 0.3 is 0 Å². The van der Waals surface area contributed by atoms with Gasteiger partial charge in [-0.2, -0.15) is 0 Å². The molecule has 0 aromatic heterocycles. The summed E-state index contributed by atoms with van der Waals surface area (Å²) < 4.78 is 0. The quantitative estimate of drug-likeness (QED) is 0.776. The third-order valence-electron chi connectivity index (χ3n) is 4.36. The van der Waals surface area contributed by atoms with E-state index in [-0.39, 0.29) is 0 Å². The van der Waals surface area contributed by atoms with Crippen molar-refractivity contribution in [3.63, 3.8) is 0 Å². The Kier molecular flexibility index (Phi) is 5.07. The van der Waals surface area contributed by atoms with Crippen LogP contribution in [0.25, 0.3) is 0 Å². The van der Waals surface area contributed by atoms with E-state index < -0.39 is 0 Å². The predicted molar refractivity (Wildman–Crippen MR) is 66.9 cm³/mol. The van der Waals surface area contributed by atoms with E-state index in [0.717, 1.165) is 17.9 Å². The van der Waals surface area contributed by atoms with Crippen LogP contribution in [0.15, 0.2) is 0 Å². The molecule has 1 heterocycles. The van der Waals surface area contributed by atoms with Gasteiger partial charge in [-0.15, -0.1) is 0 Å². The minimum atomic E-state index is 0.381. The monoisotopic (exact) mass is 212 g/mol. The summed E-state index contributed by atoms with van der Waals surface area (Å²) in [4.78, 5) is 2.65. The summed E-state index contributed by atoms with van der Waals surface area (Å²) in [6.45, 7) is 11.7. The molecule has 0 spiro atoms. The molecule has 90 valence electrons. The maximum absolute atomic E-state index is 5.96. The molecule has 3 unspecified atom stereocenters. The van der Waals surface area contributed by atoms with Crippen LogP contribution in [0.4, 0.5) is 0 Å². The zero-order valence-corrected chi connectivity index (χ0v) is 10.9. The van der Waals surface area contributed by atoms with E-state index in [1.54, 1.807) is 0 Å².